The SMILES string of the molecule is Cl.O=C(CC1COCCN1)N[C@@H]1C[C@H]2CC[C@@H]1O2. The largest absolute Gasteiger partial charge is 0.378 e. The van der Waals surface area contributed by atoms with Crippen LogP contribution < -0.4 is 10.6 Å². The Morgan fingerprint density at radius 2 is 2.28 bits per heavy atom. The molecule has 3 aliphatic heterocycles. The van der Waals surface area contributed by atoms with Crippen LogP contribution in [0.3, 0.4) is 0 Å². The summed E-state index contributed by atoms with van der Waals surface area (Å²) in [6.07, 6.45) is 4.41. The van der Waals surface area contributed by atoms with E-state index >= 15 is 0 Å². The standard InChI is InChI=1S/C12H20N2O3.ClH/c15-12(5-8-7-16-4-3-13-8)14-10-6-9-1-2-11(10)17-9;/h8-11,13H,1-7H2,(H,14,15);1H/t8?,9-,10-,11+;/m1./s1. The van der Waals surface area contributed by atoms with Crippen LogP contribution in [0.5, 0.6) is 0 Å². The number of ether oxygens (including phenoxy) is 2. The van der Waals surface area contributed by atoms with Gasteiger partial charge in [0.15, 0.2) is 0 Å². The molecule has 0 aromatic rings. The van der Waals surface area contributed by atoms with Crippen LogP contribution in [0.1, 0.15) is 25.7 Å². The molecule has 0 aromatic carbocycles. The number of carbonyl (C=O) groups is 1. The van der Waals surface area contributed by atoms with E-state index in [2.05, 4.69) is 10.6 Å². The molecule has 5 nitrogen and oxygen atoms in total. The second-order valence-electron chi connectivity index (χ2n) is 5.21. The van der Waals surface area contributed by atoms with Crippen LogP contribution in [0, 0.1) is 0 Å². The van der Waals surface area contributed by atoms with Gasteiger partial charge in [-0.05, 0) is 19.3 Å². The van der Waals surface area contributed by atoms with E-state index in [0.717, 1.165) is 32.4 Å². The van der Waals surface area contributed by atoms with E-state index in [1.54, 1.807) is 0 Å². The number of amides is 1. The predicted octanol–water partition coefficient (Wildman–Crippen LogP) is 0.223. The van der Waals surface area contributed by atoms with Crippen LogP contribution in [0.25, 0.3) is 0 Å². The van der Waals surface area contributed by atoms with Gasteiger partial charge in [-0.25, -0.2) is 0 Å². The van der Waals surface area contributed by atoms with Crippen molar-refractivity contribution in [3.63, 3.8) is 0 Å². The van der Waals surface area contributed by atoms with Crippen molar-refractivity contribution in [2.24, 2.45) is 0 Å². The Bertz CT molecular complexity index is 297. The first-order valence-corrected chi connectivity index (χ1v) is 6.57. The Kier molecular flexibility index (Phi) is 4.84. The minimum Gasteiger partial charge on any atom is -0.378 e. The van der Waals surface area contributed by atoms with Gasteiger partial charge < -0.3 is 20.1 Å². The Morgan fingerprint density at radius 3 is 2.89 bits per heavy atom. The van der Waals surface area contributed by atoms with Crippen molar-refractivity contribution in [3.8, 4) is 0 Å². The lowest BCUT2D eigenvalue weighted by molar-refractivity contribution is -0.123. The molecular formula is C12H21ClN2O3. The minimum absolute atomic E-state index is 0. The normalized spacial score (nSPS) is 38.2. The van der Waals surface area contributed by atoms with Crippen molar-refractivity contribution in [1.29, 1.82) is 0 Å². The van der Waals surface area contributed by atoms with E-state index in [-0.39, 0.29) is 36.5 Å². The average molecular weight is 277 g/mol. The molecule has 6 heteroatoms. The van der Waals surface area contributed by atoms with Gasteiger partial charge in [-0.2, -0.15) is 0 Å². The monoisotopic (exact) mass is 276 g/mol. The van der Waals surface area contributed by atoms with E-state index in [4.69, 9.17) is 9.47 Å². The first kappa shape index (κ1) is 14.1. The summed E-state index contributed by atoms with van der Waals surface area (Å²) in [4.78, 5) is 11.9. The van der Waals surface area contributed by atoms with Crippen molar-refractivity contribution >= 4 is 18.3 Å². The zero-order valence-electron chi connectivity index (χ0n) is 10.4. The molecule has 4 atom stereocenters. The number of hydrogen-bond acceptors (Lipinski definition) is 4. The van der Waals surface area contributed by atoms with Crippen molar-refractivity contribution in [1.82, 2.24) is 10.6 Å². The Balaban J connectivity index is 0.00000120. The van der Waals surface area contributed by atoms with Crippen molar-refractivity contribution in [2.75, 3.05) is 19.8 Å². The summed E-state index contributed by atoms with van der Waals surface area (Å²) in [6, 6.07) is 0.411. The molecule has 18 heavy (non-hydrogen) atoms. The third-order valence-electron chi connectivity index (χ3n) is 3.88. The summed E-state index contributed by atoms with van der Waals surface area (Å²) in [5.74, 6) is 0.120. The summed E-state index contributed by atoms with van der Waals surface area (Å²) in [7, 11) is 0. The van der Waals surface area contributed by atoms with E-state index in [1.807, 2.05) is 0 Å². The van der Waals surface area contributed by atoms with Crippen LogP contribution in [0.15, 0.2) is 0 Å². The molecule has 104 valence electrons. The molecule has 2 N–H and O–H groups in total. The van der Waals surface area contributed by atoms with E-state index < -0.39 is 0 Å². The molecule has 3 rings (SSSR count). The summed E-state index contributed by atoms with van der Waals surface area (Å²) >= 11 is 0. The van der Waals surface area contributed by atoms with E-state index in [9.17, 15) is 4.79 Å². The van der Waals surface area contributed by atoms with E-state index in [0.29, 0.717) is 19.1 Å². The molecule has 0 aromatic heterocycles. The van der Waals surface area contributed by atoms with Gasteiger partial charge in [0.05, 0.1) is 31.5 Å². The van der Waals surface area contributed by atoms with Crippen molar-refractivity contribution in [3.05, 3.63) is 0 Å². The highest BCUT2D eigenvalue weighted by molar-refractivity contribution is 5.85. The van der Waals surface area contributed by atoms with Gasteiger partial charge in [0.1, 0.15) is 0 Å². The molecular weight excluding hydrogens is 256 g/mol. The molecule has 0 saturated carbocycles. The van der Waals surface area contributed by atoms with Crippen LogP contribution in [0.4, 0.5) is 0 Å². The smallest absolute Gasteiger partial charge is 0.221 e. The summed E-state index contributed by atoms with van der Waals surface area (Å²) in [5, 5.41) is 6.39. The minimum atomic E-state index is 0. The second-order valence-corrected chi connectivity index (χ2v) is 5.21. The zero-order valence-corrected chi connectivity index (χ0v) is 11.2. The Labute approximate surface area is 113 Å². The van der Waals surface area contributed by atoms with Gasteiger partial charge in [0.25, 0.3) is 0 Å². The highest BCUT2D eigenvalue weighted by atomic mass is 35.5. The highest BCUT2D eigenvalue weighted by Crippen LogP contribution is 2.34. The number of rotatable bonds is 3. The number of carbonyl (C=O) groups excluding carboxylic acids is 1. The fourth-order valence-corrected chi connectivity index (χ4v) is 3.03. The van der Waals surface area contributed by atoms with Gasteiger partial charge in [-0.1, -0.05) is 0 Å². The lowest BCUT2D eigenvalue weighted by Gasteiger charge is -2.25. The molecule has 3 saturated heterocycles. The Hall–Kier alpha value is -0.360. The first-order valence-electron chi connectivity index (χ1n) is 6.57. The van der Waals surface area contributed by atoms with Crippen LogP contribution in [0.2, 0.25) is 0 Å². The zero-order chi connectivity index (χ0) is 11.7. The lowest BCUT2D eigenvalue weighted by atomic mass is 9.95. The second kappa shape index (κ2) is 6.19. The van der Waals surface area contributed by atoms with Crippen LogP contribution >= 0.6 is 12.4 Å². The highest BCUT2D eigenvalue weighted by Gasteiger charge is 2.41. The predicted molar refractivity (Wildman–Crippen MR) is 68.9 cm³/mol. The number of morpholine rings is 1. The number of nitrogens with one attached hydrogen (secondary N) is 2. The van der Waals surface area contributed by atoms with Gasteiger partial charge in [-0.3, -0.25) is 4.79 Å². The molecule has 3 fully saturated rings. The molecule has 3 aliphatic rings. The van der Waals surface area contributed by atoms with Crippen molar-refractivity contribution in [2.45, 2.75) is 50.0 Å². The van der Waals surface area contributed by atoms with Gasteiger partial charge in [0, 0.05) is 19.0 Å². The fraction of sp³-hybridized carbons (Fsp3) is 0.917. The molecule has 0 aliphatic carbocycles. The topological polar surface area (TPSA) is 59.6 Å². The number of fused-ring (bicyclic) bond motifs is 2. The molecule has 0 radical (unpaired) electrons. The maximum absolute atomic E-state index is 11.9. The molecule has 0 spiro atoms. The van der Waals surface area contributed by atoms with Crippen molar-refractivity contribution < 1.29 is 14.3 Å². The quantitative estimate of drug-likeness (QED) is 0.774. The number of hydrogen-bond donors (Lipinski definition) is 2. The van der Waals surface area contributed by atoms with E-state index in [1.165, 1.54) is 0 Å². The van der Waals surface area contributed by atoms with Gasteiger partial charge in [0.2, 0.25) is 5.91 Å². The maximum Gasteiger partial charge on any atom is 0.221 e. The average Bonchev–Trinajstić information content (AvgIpc) is 2.92. The maximum atomic E-state index is 11.9. The third kappa shape index (κ3) is 3.15. The molecule has 2 bridgehead atoms. The van der Waals surface area contributed by atoms with Gasteiger partial charge >= 0.3 is 0 Å². The van der Waals surface area contributed by atoms with Crippen LogP contribution in [-0.4, -0.2) is 50.0 Å². The first-order chi connectivity index (χ1) is 8.31. The Morgan fingerprint density at radius 1 is 1.39 bits per heavy atom. The molecule has 3 heterocycles. The number of halogens is 1. The van der Waals surface area contributed by atoms with Crippen LogP contribution in [-0.2, 0) is 14.3 Å². The summed E-state index contributed by atoms with van der Waals surface area (Å²) in [5.41, 5.74) is 0. The third-order valence-corrected chi connectivity index (χ3v) is 3.88. The fourth-order valence-electron chi connectivity index (χ4n) is 3.03. The molecule has 1 unspecified atom stereocenters. The van der Waals surface area contributed by atoms with Gasteiger partial charge in [-0.15, -0.1) is 12.4 Å². The summed E-state index contributed by atoms with van der Waals surface area (Å²) in [6.45, 7) is 2.23. The molecule has 1 amide bonds. The summed E-state index contributed by atoms with van der Waals surface area (Å²) < 4.78 is 11.1. The lowest BCUT2D eigenvalue weighted by Crippen LogP contribution is -2.47.